The molecule has 182 valence electrons. The molecule has 0 unspecified atom stereocenters. The zero-order valence-corrected chi connectivity index (χ0v) is 20.0. The summed E-state index contributed by atoms with van der Waals surface area (Å²) in [5.74, 6) is -4.54. The summed E-state index contributed by atoms with van der Waals surface area (Å²) in [5, 5.41) is 20.6. The lowest BCUT2D eigenvalue weighted by atomic mass is 9.92. The van der Waals surface area contributed by atoms with E-state index in [1.165, 1.54) is 11.8 Å². The van der Waals surface area contributed by atoms with Crippen molar-refractivity contribution in [3.05, 3.63) is 10.6 Å². The van der Waals surface area contributed by atoms with Crippen LogP contribution in [0.2, 0.25) is 0 Å². The van der Waals surface area contributed by atoms with E-state index in [1.807, 2.05) is 0 Å². The van der Waals surface area contributed by atoms with Crippen LogP contribution >= 0.6 is 46.6 Å². The number of halogens is 3. The van der Waals surface area contributed by atoms with Gasteiger partial charge in [-0.15, -0.1) is 11.8 Å². The Morgan fingerprint density at radius 2 is 1.97 bits per heavy atom. The Bertz CT molecular complexity index is 940. The van der Waals surface area contributed by atoms with E-state index >= 15 is 0 Å². The van der Waals surface area contributed by atoms with Crippen molar-refractivity contribution < 1.29 is 38.9 Å². The van der Waals surface area contributed by atoms with Gasteiger partial charge in [-0.05, 0) is 6.92 Å². The van der Waals surface area contributed by atoms with E-state index in [4.69, 9.17) is 45.3 Å². The lowest BCUT2D eigenvalue weighted by molar-refractivity contribution is -0.156. The number of carbonyl (C=O) groups is 5. The number of alkyl halides is 3. The van der Waals surface area contributed by atoms with Crippen LogP contribution < -0.4 is 11.1 Å². The number of hydrogen-bond acceptors (Lipinski definition) is 9. The first-order valence-corrected chi connectivity index (χ1v) is 11.5. The van der Waals surface area contributed by atoms with Crippen LogP contribution in [0.1, 0.15) is 13.3 Å². The second-order valence-electron chi connectivity index (χ2n) is 7.62. The largest absolute Gasteiger partial charge is 0.477 e. The average molecular weight is 546 g/mol. The van der Waals surface area contributed by atoms with E-state index in [9.17, 15) is 34.2 Å². The molecule has 16 heteroatoms. The Kier molecular flexibility index (Phi) is 7.42. The second-order valence-corrected chi connectivity index (χ2v) is 11.1. The fraction of sp³-hybridized carbons (Fsp3) is 0.588. The molecule has 3 aliphatic heterocycles. The Balaban J connectivity index is 1.71. The highest BCUT2D eigenvalue weighted by Gasteiger charge is 2.58. The molecular formula is C17H19Cl3N4O8S. The molecule has 12 nitrogen and oxygen atoms in total. The Labute approximate surface area is 206 Å². The number of thioether (sulfide) groups is 1. The Morgan fingerprint density at radius 1 is 1.33 bits per heavy atom. The molecule has 3 aliphatic rings. The Hall–Kier alpha value is -1.77. The van der Waals surface area contributed by atoms with Gasteiger partial charge in [0.15, 0.2) is 0 Å². The summed E-state index contributed by atoms with van der Waals surface area (Å²) in [6.07, 6.45) is -3.06. The molecular weight excluding hydrogens is 527 g/mol. The van der Waals surface area contributed by atoms with Crippen molar-refractivity contribution in [1.82, 2.24) is 15.1 Å². The van der Waals surface area contributed by atoms with Crippen LogP contribution in [-0.4, -0.2) is 90.3 Å². The van der Waals surface area contributed by atoms with Gasteiger partial charge in [0.05, 0.1) is 18.1 Å². The predicted octanol–water partition coefficient (Wildman–Crippen LogP) is -0.254. The predicted molar refractivity (Wildman–Crippen MR) is 116 cm³/mol. The molecule has 0 aliphatic carbocycles. The monoisotopic (exact) mass is 544 g/mol. The number of β-lactam (4-membered cyclic amide) rings is 1. The summed E-state index contributed by atoms with van der Waals surface area (Å²) in [4.78, 5) is 62.5. The van der Waals surface area contributed by atoms with Crippen LogP contribution in [0.4, 0.5) is 4.79 Å². The first-order valence-electron chi connectivity index (χ1n) is 9.48. The average Bonchev–Trinajstić information content (AvgIpc) is 3.19. The number of amides is 4. The number of primary amides is 1. The van der Waals surface area contributed by atoms with Crippen LogP contribution in [-0.2, 0) is 23.9 Å². The molecule has 0 aromatic carbocycles. The van der Waals surface area contributed by atoms with Crippen LogP contribution in [0, 0.1) is 5.92 Å². The van der Waals surface area contributed by atoms with E-state index < -0.39 is 63.1 Å². The van der Waals surface area contributed by atoms with Crippen molar-refractivity contribution in [2.75, 3.05) is 13.1 Å². The van der Waals surface area contributed by atoms with Crippen LogP contribution in [0.15, 0.2) is 10.6 Å². The minimum Gasteiger partial charge on any atom is -0.477 e. The van der Waals surface area contributed by atoms with Gasteiger partial charge in [-0.1, -0.05) is 34.8 Å². The summed E-state index contributed by atoms with van der Waals surface area (Å²) in [5.41, 5.74) is 5.23. The first-order chi connectivity index (χ1) is 15.2. The Morgan fingerprint density at radius 3 is 2.48 bits per heavy atom. The fourth-order valence-corrected chi connectivity index (χ4v) is 5.69. The maximum absolute atomic E-state index is 12.3. The number of hydrogen-bond donors (Lipinski definition) is 4. The molecule has 0 aromatic rings. The molecule has 33 heavy (non-hydrogen) atoms. The third-order valence-corrected chi connectivity index (χ3v) is 7.23. The lowest BCUT2D eigenvalue weighted by Crippen LogP contribution is -2.60. The van der Waals surface area contributed by atoms with Crippen molar-refractivity contribution in [3.63, 3.8) is 0 Å². The number of aliphatic carboxylic acids is 1. The van der Waals surface area contributed by atoms with Crippen LogP contribution in [0.3, 0.4) is 0 Å². The first kappa shape index (κ1) is 25.8. The molecule has 2 saturated heterocycles. The molecule has 0 radical (unpaired) electrons. The molecule has 3 rings (SSSR count). The van der Waals surface area contributed by atoms with Gasteiger partial charge in [-0.3, -0.25) is 29.5 Å². The molecule has 0 aromatic heterocycles. The van der Waals surface area contributed by atoms with Gasteiger partial charge in [0, 0.05) is 24.4 Å². The molecule has 0 saturated carbocycles. The summed E-state index contributed by atoms with van der Waals surface area (Å²) in [6, 6.07) is -0.911. The van der Waals surface area contributed by atoms with Crippen molar-refractivity contribution in [2.24, 2.45) is 11.7 Å². The number of likely N-dealkylation sites (tertiary alicyclic amines) is 1. The zero-order chi connectivity index (χ0) is 24.8. The van der Waals surface area contributed by atoms with Crippen LogP contribution in [0.25, 0.3) is 0 Å². The lowest BCUT2D eigenvalue weighted by Gasteiger charge is -2.43. The summed E-state index contributed by atoms with van der Waals surface area (Å²) < 4.78 is 2.73. The molecule has 5 N–H and O–H groups in total. The van der Waals surface area contributed by atoms with E-state index in [1.54, 1.807) is 5.32 Å². The van der Waals surface area contributed by atoms with E-state index in [2.05, 4.69) is 0 Å². The van der Waals surface area contributed by atoms with Crippen molar-refractivity contribution >= 4 is 76.3 Å². The minimum absolute atomic E-state index is 0.0155. The summed E-state index contributed by atoms with van der Waals surface area (Å²) >= 11 is 17.2. The zero-order valence-electron chi connectivity index (χ0n) is 16.9. The third kappa shape index (κ3) is 5.17. The molecule has 4 amide bonds. The number of fused-ring (bicyclic) bond motifs is 1. The number of imide groups is 1. The highest BCUT2D eigenvalue weighted by atomic mass is 35.6. The quantitative estimate of drug-likeness (QED) is 0.257. The number of carboxylic acid groups (broad SMARTS) is 1. The fourth-order valence-electron chi connectivity index (χ4n) is 3.91. The van der Waals surface area contributed by atoms with Gasteiger partial charge in [0.1, 0.15) is 17.2 Å². The number of carbonyl (C=O) groups excluding carboxylic acids is 4. The van der Waals surface area contributed by atoms with Crippen molar-refractivity contribution in [1.29, 1.82) is 0 Å². The number of nitrogens with zero attached hydrogens (tertiary/aromatic N) is 2. The van der Waals surface area contributed by atoms with E-state index in [0.29, 0.717) is 4.91 Å². The van der Waals surface area contributed by atoms with E-state index in [0.717, 1.165) is 16.7 Å². The standard InChI is InChI=1S/C17H19Cl3N4O8S/c1-5(25)9-12(27)24-10(14(28)29)8(33-13(9)24)4-23-3-6(2-7(23)11(21)26)32-16(31)22-15(30)17(18,19)20/h5-7,9,13,25H,2-4H2,1H3,(H2,21,26)(H,28,29)(H,22,30,31)/t5-,6-,7+,9+,13-/m1/s1. The smallest absolute Gasteiger partial charge is 0.414 e. The van der Waals surface area contributed by atoms with Gasteiger partial charge in [0.2, 0.25) is 11.8 Å². The minimum atomic E-state index is -2.38. The molecule has 0 spiro atoms. The molecule has 3 heterocycles. The summed E-state index contributed by atoms with van der Waals surface area (Å²) in [6.45, 7) is 1.36. The number of rotatable bonds is 6. The SMILES string of the molecule is C[C@@H](O)[C@H]1C(=O)N2C(C(=O)O)=C(CN3C[C@H](OC(=O)NC(=O)C(Cl)(Cl)Cl)C[C@H]3C(N)=O)S[C@H]12. The maximum atomic E-state index is 12.3. The van der Waals surface area contributed by atoms with Gasteiger partial charge < -0.3 is 20.7 Å². The second kappa shape index (κ2) is 9.47. The number of nitrogens with two attached hydrogens (primary N) is 1. The van der Waals surface area contributed by atoms with E-state index in [-0.39, 0.29) is 25.2 Å². The third-order valence-electron chi connectivity index (χ3n) is 5.36. The van der Waals surface area contributed by atoms with Gasteiger partial charge >= 0.3 is 12.1 Å². The molecule has 0 bridgehead atoms. The number of ether oxygens (including phenoxy) is 1. The van der Waals surface area contributed by atoms with Gasteiger partial charge in [0.25, 0.3) is 9.70 Å². The topological polar surface area (TPSA) is 180 Å². The normalized spacial score (nSPS) is 28.3. The number of alkyl carbamates (subject to hydrolysis) is 1. The van der Waals surface area contributed by atoms with Gasteiger partial charge in [-0.25, -0.2) is 9.59 Å². The van der Waals surface area contributed by atoms with Gasteiger partial charge in [-0.2, -0.15) is 0 Å². The number of carboxylic acids is 1. The van der Waals surface area contributed by atoms with Crippen molar-refractivity contribution in [3.8, 4) is 0 Å². The summed E-state index contributed by atoms with van der Waals surface area (Å²) in [7, 11) is 0. The molecule has 5 atom stereocenters. The maximum Gasteiger partial charge on any atom is 0.414 e. The molecule has 2 fully saturated rings. The van der Waals surface area contributed by atoms with Crippen molar-refractivity contribution in [2.45, 2.75) is 40.8 Å². The number of nitrogens with one attached hydrogen (secondary N) is 1. The highest BCUT2D eigenvalue weighted by molar-refractivity contribution is 8.04. The van der Waals surface area contributed by atoms with Crippen LogP contribution in [0.5, 0.6) is 0 Å². The number of aliphatic hydroxyl groups excluding tert-OH is 1. The highest BCUT2D eigenvalue weighted by Crippen LogP contribution is 2.50. The number of aliphatic hydroxyl groups is 1.